The van der Waals surface area contributed by atoms with Crippen LogP contribution in [0.1, 0.15) is 16.1 Å². The van der Waals surface area contributed by atoms with Gasteiger partial charge in [-0.05, 0) is 12.2 Å². The molecule has 1 aromatic heterocycles. The van der Waals surface area contributed by atoms with E-state index in [0.29, 0.717) is 23.2 Å². The Balaban J connectivity index is 1.92. The number of thioether (sulfide) groups is 1. The lowest BCUT2D eigenvalue weighted by molar-refractivity contribution is 0.0946. The first kappa shape index (κ1) is 14.4. The fourth-order valence-corrected chi connectivity index (χ4v) is 3.70. The van der Waals surface area contributed by atoms with E-state index in [2.05, 4.69) is 15.6 Å². The van der Waals surface area contributed by atoms with Crippen LogP contribution in [0.3, 0.4) is 0 Å². The van der Waals surface area contributed by atoms with Crippen LogP contribution in [0.25, 0.3) is 0 Å². The van der Waals surface area contributed by atoms with Gasteiger partial charge in [0.15, 0.2) is 5.13 Å². The molecule has 8 heteroatoms. The van der Waals surface area contributed by atoms with Crippen LogP contribution in [0.4, 0.5) is 10.9 Å². The number of ether oxygens (including phenoxy) is 1. The smallest absolute Gasteiger partial charge is 0.265 e. The number of nitrogen functional groups attached to an aromatic ring is 1. The van der Waals surface area contributed by atoms with E-state index in [1.165, 1.54) is 11.3 Å². The lowest BCUT2D eigenvalue weighted by atomic mass is 10.2. The fraction of sp³-hybridized carbons (Fsp3) is 0.636. The minimum absolute atomic E-state index is 0.123. The number of thiazole rings is 1. The van der Waals surface area contributed by atoms with Crippen molar-refractivity contribution in [2.24, 2.45) is 0 Å². The Kier molecular flexibility index (Phi) is 5.29. The SMILES string of the molecule is COCCNc1nc(N)c(C(=O)NC2CCSC2)s1. The molecule has 1 atom stereocenters. The van der Waals surface area contributed by atoms with Crippen LogP contribution >= 0.6 is 23.1 Å². The summed E-state index contributed by atoms with van der Waals surface area (Å²) in [4.78, 5) is 16.7. The molecule has 1 saturated heterocycles. The van der Waals surface area contributed by atoms with Crippen LogP contribution in [-0.4, -0.2) is 48.7 Å². The number of aromatic nitrogens is 1. The largest absolute Gasteiger partial charge is 0.383 e. The normalized spacial score (nSPS) is 18.5. The second-order valence-electron chi connectivity index (χ2n) is 4.19. The summed E-state index contributed by atoms with van der Waals surface area (Å²) < 4.78 is 4.94. The van der Waals surface area contributed by atoms with Crippen molar-refractivity contribution < 1.29 is 9.53 Å². The maximum Gasteiger partial charge on any atom is 0.265 e. The van der Waals surface area contributed by atoms with Crippen molar-refractivity contribution in [3.05, 3.63) is 4.88 Å². The highest BCUT2D eigenvalue weighted by Gasteiger charge is 2.22. The summed E-state index contributed by atoms with van der Waals surface area (Å²) in [6.07, 6.45) is 1.02. The number of methoxy groups -OCH3 is 1. The highest BCUT2D eigenvalue weighted by molar-refractivity contribution is 7.99. The van der Waals surface area contributed by atoms with Gasteiger partial charge in [-0.3, -0.25) is 4.79 Å². The Hall–Kier alpha value is -0.990. The Labute approximate surface area is 120 Å². The van der Waals surface area contributed by atoms with Crippen molar-refractivity contribution in [3.63, 3.8) is 0 Å². The quantitative estimate of drug-likeness (QED) is 0.680. The van der Waals surface area contributed by atoms with E-state index in [1.807, 2.05) is 11.8 Å². The number of nitrogens with one attached hydrogen (secondary N) is 2. The summed E-state index contributed by atoms with van der Waals surface area (Å²) >= 11 is 3.14. The first-order valence-electron chi connectivity index (χ1n) is 6.08. The van der Waals surface area contributed by atoms with Gasteiger partial charge in [0, 0.05) is 25.4 Å². The first-order chi connectivity index (χ1) is 9.20. The molecule has 0 aromatic carbocycles. The molecule has 4 N–H and O–H groups in total. The molecular weight excluding hydrogens is 284 g/mol. The van der Waals surface area contributed by atoms with Gasteiger partial charge in [0.05, 0.1) is 6.61 Å². The zero-order valence-corrected chi connectivity index (χ0v) is 12.4. The van der Waals surface area contributed by atoms with Gasteiger partial charge in [-0.15, -0.1) is 0 Å². The maximum atomic E-state index is 12.1. The van der Waals surface area contributed by atoms with E-state index in [9.17, 15) is 4.79 Å². The van der Waals surface area contributed by atoms with E-state index in [4.69, 9.17) is 10.5 Å². The number of carbonyl (C=O) groups excluding carboxylic acids is 1. The Bertz CT molecular complexity index is 432. The number of nitrogens with zero attached hydrogens (tertiary/aromatic N) is 1. The third-order valence-electron chi connectivity index (χ3n) is 2.71. The molecule has 0 radical (unpaired) electrons. The number of amides is 1. The Morgan fingerprint density at radius 1 is 1.63 bits per heavy atom. The zero-order chi connectivity index (χ0) is 13.7. The molecule has 19 heavy (non-hydrogen) atoms. The molecule has 0 saturated carbocycles. The number of carbonyl (C=O) groups is 1. The molecule has 1 unspecified atom stereocenters. The van der Waals surface area contributed by atoms with Gasteiger partial charge < -0.3 is 21.1 Å². The summed E-state index contributed by atoms with van der Waals surface area (Å²) in [7, 11) is 1.64. The highest BCUT2D eigenvalue weighted by atomic mass is 32.2. The molecule has 0 bridgehead atoms. The molecule has 1 aliphatic rings. The molecule has 1 fully saturated rings. The van der Waals surface area contributed by atoms with Gasteiger partial charge >= 0.3 is 0 Å². The van der Waals surface area contributed by atoms with Crippen molar-refractivity contribution in [1.29, 1.82) is 0 Å². The van der Waals surface area contributed by atoms with Crippen LogP contribution in [0, 0.1) is 0 Å². The van der Waals surface area contributed by atoms with Crippen molar-refractivity contribution in [1.82, 2.24) is 10.3 Å². The van der Waals surface area contributed by atoms with Gasteiger partial charge in [0.1, 0.15) is 10.7 Å². The number of rotatable bonds is 6. The number of nitrogens with two attached hydrogens (primary N) is 1. The summed E-state index contributed by atoms with van der Waals surface area (Å²) in [5.41, 5.74) is 5.78. The van der Waals surface area contributed by atoms with Crippen LogP contribution in [0.5, 0.6) is 0 Å². The fourth-order valence-electron chi connectivity index (χ4n) is 1.73. The molecule has 1 amide bonds. The average Bonchev–Trinajstić information content (AvgIpc) is 2.99. The standard InChI is InChI=1S/C11H18N4O2S2/c1-17-4-3-13-11-15-9(12)8(19-11)10(16)14-7-2-5-18-6-7/h7H,2-6,12H2,1H3,(H,13,15)(H,14,16). The maximum absolute atomic E-state index is 12.1. The van der Waals surface area contributed by atoms with E-state index in [0.717, 1.165) is 17.9 Å². The second-order valence-corrected chi connectivity index (χ2v) is 6.34. The molecule has 0 spiro atoms. The molecule has 106 valence electrons. The lowest BCUT2D eigenvalue weighted by Gasteiger charge is -2.09. The van der Waals surface area contributed by atoms with Gasteiger partial charge in [0.25, 0.3) is 5.91 Å². The van der Waals surface area contributed by atoms with E-state index in [1.54, 1.807) is 7.11 Å². The Morgan fingerprint density at radius 3 is 3.16 bits per heavy atom. The van der Waals surface area contributed by atoms with Crippen molar-refractivity contribution in [3.8, 4) is 0 Å². The van der Waals surface area contributed by atoms with Crippen molar-refractivity contribution >= 4 is 40.0 Å². The molecule has 0 aliphatic carbocycles. The molecule has 1 aliphatic heterocycles. The number of anilines is 2. The molecule has 6 nitrogen and oxygen atoms in total. The van der Waals surface area contributed by atoms with Crippen LogP contribution in [-0.2, 0) is 4.74 Å². The van der Waals surface area contributed by atoms with Crippen molar-refractivity contribution in [2.45, 2.75) is 12.5 Å². The second kappa shape index (κ2) is 6.97. The molecule has 2 rings (SSSR count). The minimum Gasteiger partial charge on any atom is -0.383 e. The topological polar surface area (TPSA) is 89.3 Å². The van der Waals surface area contributed by atoms with E-state index in [-0.39, 0.29) is 17.8 Å². The number of hydrogen-bond acceptors (Lipinski definition) is 7. The van der Waals surface area contributed by atoms with Crippen molar-refractivity contribution in [2.75, 3.05) is 42.8 Å². The van der Waals surface area contributed by atoms with E-state index < -0.39 is 0 Å². The third kappa shape index (κ3) is 3.99. The number of hydrogen-bond donors (Lipinski definition) is 3. The summed E-state index contributed by atoms with van der Waals surface area (Å²) in [6, 6.07) is 0.254. The molecule has 1 aromatic rings. The van der Waals surface area contributed by atoms with Crippen LogP contribution in [0.2, 0.25) is 0 Å². The van der Waals surface area contributed by atoms with Gasteiger partial charge in [-0.2, -0.15) is 11.8 Å². The first-order valence-corrected chi connectivity index (χ1v) is 8.05. The predicted molar refractivity (Wildman–Crippen MR) is 80.1 cm³/mol. The summed E-state index contributed by atoms with van der Waals surface area (Å²) in [5, 5.41) is 6.72. The molecular formula is C11H18N4O2S2. The summed E-state index contributed by atoms with van der Waals surface area (Å²) in [6.45, 7) is 1.23. The van der Waals surface area contributed by atoms with E-state index >= 15 is 0 Å². The van der Waals surface area contributed by atoms with Gasteiger partial charge in [-0.25, -0.2) is 4.98 Å². The molecule has 2 heterocycles. The predicted octanol–water partition coefficient (Wildman–Crippen LogP) is 1.02. The minimum atomic E-state index is -0.123. The monoisotopic (exact) mass is 302 g/mol. The van der Waals surface area contributed by atoms with Gasteiger partial charge in [-0.1, -0.05) is 11.3 Å². The third-order valence-corrected chi connectivity index (χ3v) is 4.90. The zero-order valence-electron chi connectivity index (χ0n) is 10.8. The summed E-state index contributed by atoms with van der Waals surface area (Å²) in [5.74, 6) is 2.24. The average molecular weight is 302 g/mol. The lowest BCUT2D eigenvalue weighted by Crippen LogP contribution is -2.34. The van der Waals surface area contributed by atoms with Crippen LogP contribution < -0.4 is 16.4 Å². The van der Waals surface area contributed by atoms with Crippen LogP contribution in [0.15, 0.2) is 0 Å². The van der Waals surface area contributed by atoms with Gasteiger partial charge in [0.2, 0.25) is 0 Å². The highest BCUT2D eigenvalue weighted by Crippen LogP contribution is 2.25. The Morgan fingerprint density at radius 2 is 2.47 bits per heavy atom.